The zero-order valence-corrected chi connectivity index (χ0v) is 18.1. The highest BCUT2D eigenvalue weighted by Crippen LogP contribution is 2.41. The van der Waals surface area contributed by atoms with Crippen LogP contribution in [-0.4, -0.2) is 25.2 Å². The summed E-state index contributed by atoms with van der Waals surface area (Å²) in [5.41, 5.74) is 1.34. The number of ether oxygens (including phenoxy) is 2. The molecule has 0 bridgehead atoms. The van der Waals surface area contributed by atoms with Gasteiger partial charge in [-0.25, -0.2) is 9.59 Å². The zero-order valence-electron chi connectivity index (χ0n) is 18.1. The average Bonchev–Trinajstić information content (AvgIpc) is 2.73. The summed E-state index contributed by atoms with van der Waals surface area (Å²) in [5, 5.41) is 0. The summed E-state index contributed by atoms with van der Waals surface area (Å²) in [6, 6.07) is 0. The van der Waals surface area contributed by atoms with Gasteiger partial charge in [-0.05, 0) is 55.9 Å². The molecule has 2 fully saturated rings. The van der Waals surface area contributed by atoms with Crippen LogP contribution in [0.3, 0.4) is 0 Å². The van der Waals surface area contributed by atoms with E-state index in [1.165, 1.54) is 38.5 Å². The lowest BCUT2D eigenvalue weighted by Gasteiger charge is -2.33. The fourth-order valence-corrected chi connectivity index (χ4v) is 4.65. The molecular weight excluding hydrogens is 352 g/mol. The number of carbonyl (C=O) groups is 2. The first-order valence-electron chi connectivity index (χ1n) is 11.8. The Hall–Kier alpha value is -1.32. The summed E-state index contributed by atoms with van der Waals surface area (Å²) in [6.07, 6.45) is 15.2. The van der Waals surface area contributed by atoms with Crippen LogP contribution in [0.4, 0.5) is 0 Å². The third-order valence-electron chi connectivity index (χ3n) is 6.25. The van der Waals surface area contributed by atoms with Gasteiger partial charge in [0, 0.05) is 0 Å². The molecule has 0 unspecified atom stereocenters. The van der Waals surface area contributed by atoms with E-state index in [2.05, 4.69) is 13.8 Å². The summed E-state index contributed by atoms with van der Waals surface area (Å²) in [4.78, 5) is 26.1. The largest absolute Gasteiger partial charge is 0.462 e. The molecule has 2 aliphatic rings. The summed E-state index contributed by atoms with van der Waals surface area (Å²) in [5.74, 6) is -0.212. The second kappa shape index (κ2) is 13.0. The van der Waals surface area contributed by atoms with Gasteiger partial charge in [0.25, 0.3) is 0 Å². The van der Waals surface area contributed by atoms with E-state index in [0.29, 0.717) is 25.0 Å². The van der Waals surface area contributed by atoms with E-state index in [0.717, 1.165) is 56.9 Å². The Balaban J connectivity index is 2.34. The van der Waals surface area contributed by atoms with Gasteiger partial charge >= 0.3 is 11.9 Å². The molecule has 4 nitrogen and oxygen atoms in total. The second-order valence-electron chi connectivity index (χ2n) is 8.48. The topological polar surface area (TPSA) is 52.6 Å². The molecule has 4 heteroatoms. The molecule has 0 atom stereocenters. The number of hydrogen-bond donors (Lipinski definition) is 0. The molecule has 28 heavy (non-hydrogen) atoms. The predicted molar refractivity (Wildman–Crippen MR) is 112 cm³/mol. The third-order valence-corrected chi connectivity index (χ3v) is 6.25. The maximum atomic E-state index is 13.0. The van der Waals surface area contributed by atoms with E-state index >= 15 is 0 Å². The molecule has 0 aromatic rings. The highest BCUT2D eigenvalue weighted by Gasteiger charge is 2.35. The quantitative estimate of drug-likeness (QED) is 0.147. The van der Waals surface area contributed by atoms with Crippen LogP contribution in [0, 0.1) is 11.8 Å². The molecule has 0 radical (unpaired) electrons. The van der Waals surface area contributed by atoms with Crippen LogP contribution < -0.4 is 0 Å². The summed E-state index contributed by atoms with van der Waals surface area (Å²) in [7, 11) is 0. The fourth-order valence-electron chi connectivity index (χ4n) is 4.65. The zero-order chi connectivity index (χ0) is 20.2. The normalized spacial score (nSPS) is 18.5. The van der Waals surface area contributed by atoms with E-state index in [-0.39, 0.29) is 5.57 Å². The van der Waals surface area contributed by atoms with Crippen LogP contribution in [0.2, 0.25) is 0 Å². The molecule has 0 amide bonds. The summed E-state index contributed by atoms with van der Waals surface area (Å²) < 4.78 is 11.1. The lowest BCUT2D eigenvalue weighted by molar-refractivity contribution is -0.147. The van der Waals surface area contributed by atoms with Gasteiger partial charge in [0.15, 0.2) is 0 Å². The fraction of sp³-hybridized carbons (Fsp3) is 0.833. The number of allylic oxidation sites excluding steroid dienone is 1. The van der Waals surface area contributed by atoms with Crippen LogP contribution in [0.1, 0.15) is 104 Å². The van der Waals surface area contributed by atoms with Gasteiger partial charge in [-0.1, -0.05) is 65.2 Å². The molecule has 160 valence electrons. The van der Waals surface area contributed by atoms with Crippen LogP contribution in [0.15, 0.2) is 11.1 Å². The number of hydrogen-bond acceptors (Lipinski definition) is 4. The molecular formula is C24H40O4. The molecule has 2 saturated carbocycles. The van der Waals surface area contributed by atoms with Crippen LogP contribution in [0.5, 0.6) is 0 Å². The molecule has 0 saturated heterocycles. The Labute approximate surface area is 171 Å². The first-order chi connectivity index (χ1) is 13.7. The average molecular weight is 393 g/mol. The van der Waals surface area contributed by atoms with Gasteiger partial charge in [0.1, 0.15) is 5.57 Å². The van der Waals surface area contributed by atoms with E-state index in [4.69, 9.17) is 9.47 Å². The smallest absolute Gasteiger partial charge is 0.345 e. The summed E-state index contributed by atoms with van der Waals surface area (Å²) >= 11 is 0. The molecule has 0 aromatic heterocycles. The number of carbonyl (C=O) groups excluding carboxylic acids is 2. The van der Waals surface area contributed by atoms with Gasteiger partial charge in [0.2, 0.25) is 0 Å². The molecule has 0 aliphatic heterocycles. The highest BCUT2D eigenvalue weighted by atomic mass is 16.6. The standard InChI is InChI=1S/C24H40O4/c1-3-5-17-27-23(25)22(24(26)28-18-6-4-2)21(19-13-9-7-10-14-19)20-15-11-8-12-16-20/h19-20H,3-18H2,1-2H3. The Kier molecular flexibility index (Phi) is 10.7. The van der Waals surface area contributed by atoms with Crippen molar-refractivity contribution in [1.82, 2.24) is 0 Å². The van der Waals surface area contributed by atoms with E-state index < -0.39 is 11.9 Å². The molecule has 2 aliphatic carbocycles. The third kappa shape index (κ3) is 6.93. The SMILES string of the molecule is CCCCOC(=O)C(C(=O)OCCCC)=C(C1CCCCC1)C1CCCCC1. The van der Waals surface area contributed by atoms with Gasteiger partial charge in [-0.15, -0.1) is 0 Å². The van der Waals surface area contributed by atoms with Crippen molar-refractivity contribution in [2.24, 2.45) is 11.8 Å². The maximum Gasteiger partial charge on any atom is 0.345 e. The Bertz CT molecular complexity index is 467. The molecule has 0 aromatic carbocycles. The van der Waals surface area contributed by atoms with Crippen molar-refractivity contribution in [1.29, 1.82) is 0 Å². The van der Waals surface area contributed by atoms with Gasteiger partial charge < -0.3 is 9.47 Å². The van der Waals surface area contributed by atoms with Crippen molar-refractivity contribution in [3.63, 3.8) is 0 Å². The van der Waals surface area contributed by atoms with Gasteiger partial charge in [0.05, 0.1) is 13.2 Å². The van der Waals surface area contributed by atoms with Gasteiger partial charge in [-0.3, -0.25) is 0 Å². The van der Waals surface area contributed by atoms with Crippen molar-refractivity contribution < 1.29 is 19.1 Å². The Morgan fingerprint density at radius 1 is 0.679 bits per heavy atom. The van der Waals surface area contributed by atoms with Crippen LogP contribution >= 0.6 is 0 Å². The minimum atomic E-state index is -0.443. The summed E-state index contributed by atoms with van der Waals surface area (Å²) in [6.45, 7) is 4.89. The van der Waals surface area contributed by atoms with Crippen LogP contribution in [-0.2, 0) is 19.1 Å². The number of rotatable bonds is 10. The first kappa shape index (κ1) is 23.0. The second-order valence-corrected chi connectivity index (χ2v) is 8.48. The molecule has 0 spiro atoms. The molecule has 0 N–H and O–H groups in total. The van der Waals surface area contributed by atoms with E-state index in [1.807, 2.05) is 0 Å². The van der Waals surface area contributed by atoms with Crippen molar-refractivity contribution in [3.8, 4) is 0 Å². The first-order valence-corrected chi connectivity index (χ1v) is 11.8. The lowest BCUT2D eigenvalue weighted by Crippen LogP contribution is -2.28. The maximum absolute atomic E-state index is 13.0. The highest BCUT2D eigenvalue weighted by molar-refractivity contribution is 6.14. The molecule has 0 heterocycles. The van der Waals surface area contributed by atoms with Crippen molar-refractivity contribution in [2.75, 3.05) is 13.2 Å². The van der Waals surface area contributed by atoms with Crippen molar-refractivity contribution in [3.05, 3.63) is 11.1 Å². The molecule has 2 rings (SSSR count). The van der Waals surface area contributed by atoms with E-state index in [1.54, 1.807) is 0 Å². The van der Waals surface area contributed by atoms with Gasteiger partial charge in [-0.2, -0.15) is 0 Å². The lowest BCUT2D eigenvalue weighted by atomic mass is 9.72. The van der Waals surface area contributed by atoms with Crippen molar-refractivity contribution >= 4 is 11.9 Å². The predicted octanol–water partition coefficient (Wildman–Crippen LogP) is 6.13. The number of esters is 2. The Morgan fingerprint density at radius 3 is 1.43 bits per heavy atom. The van der Waals surface area contributed by atoms with Crippen molar-refractivity contribution in [2.45, 2.75) is 104 Å². The van der Waals surface area contributed by atoms with E-state index in [9.17, 15) is 9.59 Å². The van der Waals surface area contributed by atoms with Crippen LogP contribution in [0.25, 0.3) is 0 Å². The monoisotopic (exact) mass is 392 g/mol. The minimum absolute atomic E-state index is 0.256. The number of unbranched alkanes of at least 4 members (excludes halogenated alkanes) is 2. The Morgan fingerprint density at radius 2 is 1.07 bits per heavy atom. The minimum Gasteiger partial charge on any atom is -0.462 e.